The number of rotatable bonds is 4. The molecule has 2 saturated heterocycles. The molecule has 0 bridgehead atoms. The first-order chi connectivity index (χ1) is 7.92. The minimum atomic E-state index is -0.135. The Labute approximate surface area is 98.7 Å². The molecule has 0 aromatic rings. The van der Waals surface area contributed by atoms with Gasteiger partial charge in [-0.15, -0.1) is 8.58 Å². The molecule has 16 heavy (non-hydrogen) atoms. The van der Waals surface area contributed by atoms with Gasteiger partial charge in [0, 0.05) is 0 Å². The molecule has 0 saturated carbocycles. The third kappa shape index (κ3) is 3.38. The van der Waals surface area contributed by atoms with Crippen LogP contribution in [-0.4, -0.2) is 51.8 Å². The fraction of sp³-hybridized carbons (Fsp3) is 1.00. The molecule has 2 aliphatic heterocycles. The van der Waals surface area contributed by atoms with E-state index in [1.165, 1.54) is 0 Å². The summed E-state index contributed by atoms with van der Waals surface area (Å²) in [5.41, 5.74) is 0. The lowest BCUT2D eigenvalue weighted by Gasteiger charge is -2.36. The molecule has 94 valence electrons. The minimum absolute atomic E-state index is 0.135. The summed E-state index contributed by atoms with van der Waals surface area (Å²) in [5.74, 6) is 0.226. The van der Waals surface area contributed by atoms with Gasteiger partial charge in [-0.2, -0.15) is 0 Å². The standard InChI is InChI=1S/C11H21O4P/c1-16-8-9(10-12-4-2-5-13-10)11-14-6-3-7-15-11/h9-11,16H,2-8H2,1H3. The molecule has 1 atom stereocenters. The molecule has 0 aromatic carbocycles. The summed E-state index contributed by atoms with van der Waals surface area (Å²) in [6.45, 7) is 5.36. The zero-order chi connectivity index (χ0) is 11.2. The average molecular weight is 248 g/mol. The van der Waals surface area contributed by atoms with E-state index >= 15 is 0 Å². The predicted octanol–water partition coefficient (Wildman–Crippen LogP) is 1.44. The van der Waals surface area contributed by atoms with E-state index in [0.29, 0.717) is 0 Å². The molecule has 0 aliphatic carbocycles. The van der Waals surface area contributed by atoms with Crippen LogP contribution in [-0.2, 0) is 18.9 Å². The van der Waals surface area contributed by atoms with E-state index in [-0.39, 0.29) is 18.5 Å². The van der Waals surface area contributed by atoms with Crippen molar-refractivity contribution in [3.05, 3.63) is 0 Å². The van der Waals surface area contributed by atoms with Gasteiger partial charge in [-0.3, -0.25) is 0 Å². The molecular weight excluding hydrogens is 227 g/mol. The van der Waals surface area contributed by atoms with Crippen molar-refractivity contribution in [3.63, 3.8) is 0 Å². The van der Waals surface area contributed by atoms with Crippen LogP contribution >= 0.6 is 8.58 Å². The highest BCUT2D eigenvalue weighted by molar-refractivity contribution is 7.37. The topological polar surface area (TPSA) is 36.9 Å². The zero-order valence-corrected chi connectivity index (χ0v) is 10.8. The SMILES string of the molecule is CPCC(C1OCCCO1)C1OCCCO1. The maximum absolute atomic E-state index is 5.67. The van der Waals surface area contributed by atoms with Crippen molar-refractivity contribution in [2.75, 3.05) is 39.3 Å². The Morgan fingerprint density at radius 1 is 0.938 bits per heavy atom. The lowest BCUT2D eigenvalue weighted by molar-refractivity contribution is -0.273. The van der Waals surface area contributed by atoms with Crippen LogP contribution in [0.15, 0.2) is 0 Å². The Balaban J connectivity index is 1.91. The highest BCUT2D eigenvalue weighted by Crippen LogP contribution is 2.27. The highest BCUT2D eigenvalue weighted by Gasteiger charge is 2.34. The molecule has 5 heteroatoms. The first-order valence-corrected chi connectivity index (χ1v) is 7.73. The first kappa shape index (κ1) is 12.7. The van der Waals surface area contributed by atoms with Crippen molar-refractivity contribution < 1.29 is 18.9 Å². The van der Waals surface area contributed by atoms with E-state index in [4.69, 9.17) is 18.9 Å². The second-order valence-corrected chi connectivity index (χ2v) is 5.26. The summed E-state index contributed by atoms with van der Waals surface area (Å²) in [7, 11) is 0.867. The quantitative estimate of drug-likeness (QED) is 0.705. The van der Waals surface area contributed by atoms with E-state index in [1.54, 1.807) is 0 Å². The van der Waals surface area contributed by atoms with Crippen molar-refractivity contribution in [2.24, 2.45) is 5.92 Å². The van der Waals surface area contributed by atoms with Crippen LogP contribution in [0.1, 0.15) is 12.8 Å². The molecule has 2 heterocycles. The Morgan fingerprint density at radius 2 is 1.38 bits per heavy atom. The van der Waals surface area contributed by atoms with E-state index < -0.39 is 0 Å². The molecule has 2 rings (SSSR count). The molecule has 0 aromatic heterocycles. The van der Waals surface area contributed by atoms with Crippen molar-refractivity contribution in [3.8, 4) is 0 Å². The van der Waals surface area contributed by atoms with Crippen LogP contribution in [0.4, 0.5) is 0 Å². The predicted molar refractivity (Wildman–Crippen MR) is 63.2 cm³/mol. The summed E-state index contributed by atoms with van der Waals surface area (Å²) in [4.78, 5) is 0. The average Bonchev–Trinajstić information content (AvgIpc) is 2.38. The van der Waals surface area contributed by atoms with Gasteiger partial charge in [0.15, 0.2) is 12.6 Å². The Kier molecular flexibility index (Phi) is 5.46. The van der Waals surface area contributed by atoms with E-state index in [1.807, 2.05) is 0 Å². The zero-order valence-electron chi connectivity index (χ0n) is 9.81. The van der Waals surface area contributed by atoms with Crippen molar-refractivity contribution in [1.82, 2.24) is 0 Å². The van der Waals surface area contributed by atoms with Crippen LogP contribution < -0.4 is 0 Å². The highest BCUT2D eigenvalue weighted by atomic mass is 31.1. The molecule has 2 fully saturated rings. The fourth-order valence-electron chi connectivity index (χ4n) is 2.06. The Hall–Kier alpha value is 0.270. The molecular formula is C11H21O4P. The maximum atomic E-state index is 5.67. The van der Waals surface area contributed by atoms with Gasteiger partial charge >= 0.3 is 0 Å². The van der Waals surface area contributed by atoms with E-state index in [9.17, 15) is 0 Å². The van der Waals surface area contributed by atoms with Gasteiger partial charge in [-0.05, 0) is 25.7 Å². The molecule has 4 nitrogen and oxygen atoms in total. The summed E-state index contributed by atoms with van der Waals surface area (Å²) < 4.78 is 22.7. The van der Waals surface area contributed by atoms with E-state index in [0.717, 1.165) is 54.0 Å². The molecule has 0 N–H and O–H groups in total. The summed E-state index contributed by atoms with van der Waals surface area (Å²) in [5, 5.41) is 0. The monoisotopic (exact) mass is 248 g/mol. The van der Waals surface area contributed by atoms with Crippen LogP contribution in [0.25, 0.3) is 0 Å². The first-order valence-electron chi connectivity index (χ1n) is 6.03. The normalized spacial score (nSPS) is 25.9. The third-order valence-electron chi connectivity index (χ3n) is 2.84. The smallest absolute Gasteiger partial charge is 0.165 e. The lowest BCUT2D eigenvalue weighted by Crippen LogP contribution is -2.44. The fourth-order valence-corrected chi connectivity index (χ4v) is 2.92. The van der Waals surface area contributed by atoms with E-state index in [2.05, 4.69) is 6.66 Å². The van der Waals surface area contributed by atoms with Crippen molar-refractivity contribution in [1.29, 1.82) is 0 Å². The minimum Gasteiger partial charge on any atom is -0.352 e. The number of ether oxygens (including phenoxy) is 4. The summed E-state index contributed by atoms with van der Waals surface area (Å²) in [6, 6.07) is 0. The lowest BCUT2D eigenvalue weighted by atomic mass is 10.1. The van der Waals surface area contributed by atoms with Gasteiger partial charge < -0.3 is 18.9 Å². The van der Waals surface area contributed by atoms with Crippen LogP contribution in [0.2, 0.25) is 0 Å². The Morgan fingerprint density at radius 3 is 1.75 bits per heavy atom. The largest absolute Gasteiger partial charge is 0.352 e. The maximum Gasteiger partial charge on any atom is 0.165 e. The molecule has 0 radical (unpaired) electrons. The number of hydrogen-bond acceptors (Lipinski definition) is 4. The molecule has 1 unspecified atom stereocenters. The molecule has 2 aliphatic rings. The van der Waals surface area contributed by atoms with Crippen LogP contribution in [0, 0.1) is 5.92 Å². The van der Waals surface area contributed by atoms with Gasteiger partial charge in [0.05, 0.1) is 32.3 Å². The van der Waals surface area contributed by atoms with Crippen LogP contribution in [0.3, 0.4) is 0 Å². The second kappa shape index (κ2) is 6.87. The van der Waals surface area contributed by atoms with Crippen LogP contribution in [0.5, 0.6) is 0 Å². The van der Waals surface area contributed by atoms with Crippen molar-refractivity contribution in [2.45, 2.75) is 25.4 Å². The van der Waals surface area contributed by atoms with Crippen molar-refractivity contribution >= 4 is 8.58 Å². The van der Waals surface area contributed by atoms with Gasteiger partial charge in [0.2, 0.25) is 0 Å². The van der Waals surface area contributed by atoms with Gasteiger partial charge in [0.1, 0.15) is 0 Å². The second-order valence-electron chi connectivity index (χ2n) is 4.15. The number of hydrogen-bond donors (Lipinski definition) is 0. The Bertz CT molecular complexity index is 172. The summed E-state index contributed by atoms with van der Waals surface area (Å²) in [6.07, 6.45) is 2.76. The summed E-state index contributed by atoms with van der Waals surface area (Å²) >= 11 is 0. The molecule has 0 spiro atoms. The van der Waals surface area contributed by atoms with Gasteiger partial charge in [-0.1, -0.05) is 0 Å². The third-order valence-corrected chi connectivity index (χ3v) is 3.72. The molecule has 0 amide bonds. The van der Waals surface area contributed by atoms with Gasteiger partial charge in [-0.25, -0.2) is 0 Å². The van der Waals surface area contributed by atoms with Gasteiger partial charge in [0.25, 0.3) is 0 Å².